The molecule has 2 N–H and O–H groups in total. The van der Waals surface area contributed by atoms with Gasteiger partial charge in [-0.2, -0.15) is 13.2 Å². The highest BCUT2D eigenvalue weighted by atomic mass is 19.4. The zero-order valence-electron chi connectivity index (χ0n) is 17.7. The number of carboxylic acid groups (broad SMARTS) is 1. The van der Waals surface area contributed by atoms with Gasteiger partial charge in [-0.15, -0.1) is 0 Å². The largest absolute Gasteiger partial charge is 0.490 e. The van der Waals surface area contributed by atoms with Crippen LogP contribution in [0.15, 0.2) is 71.7 Å². The van der Waals surface area contributed by atoms with Crippen LogP contribution < -0.4 is 5.32 Å². The Morgan fingerprint density at radius 3 is 1.94 bits per heavy atom. The maximum absolute atomic E-state index is 14.0. The monoisotopic (exact) mass is 498 g/mol. The number of rotatable bonds is 4. The average Bonchev–Trinajstić information content (AvgIpc) is 3.19. The van der Waals surface area contributed by atoms with Crippen LogP contribution in [0.3, 0.4) is 0 Å². The number of amidine groups is 1. The van der Waals surface area contributed by atoms with Gasteiger partial charge in [0.05, 0.1) is 6.04 Å². The third kappa shape index (κ3) is 6.81. The van der Waals surface area contributed by atoms with Gasteiger partial charge in [-0.3, -0.25) is 4.99 Å². The van der Waals surface area contributed by atoms with Gasteiger partial charge < -0.3 is 10.4 Å². The van der Waals surface area contributed by atoms with Crippen LogP contribution in [0.25, 0.3) is 0 Å². The normalized spacial score (nSPS) is 17.2. The minimum atomic E-state index is -5.08. The lowest BCUT2D eigenvalue weighted by molar-refractivity contribution is -0.192. The third-order valence-corrected chi connectivity index (χ3v) is 4.95. The van der Waals surface area contributed by atoms with E-state index in [2.05, 4.69) is 10.3 Å². The van der Waals surface area contributed by atoms with E-state index in [-0.39, 0.29) is 12.0 Å². The fourth-order valence-corrected chi connectivity index (χ4v) is 3.40. The molecule has 11 heteroatoms. The van der Waals surface area contributed by atoms with Gasteiger partial charge in [0.2, 0.25) is 0 Å². The second-order valence-electron chi connectivity index (χ2n) is 7.47. The Morgan fingerprint density at radius 1 is 0.857 bits per heavy atom. The van der Waals surface area contributed by atoms with Crippen molar-refractivity contribution in [2.75, 3.05) is 0 Å². The number of hydrogen-bond acceptors (Lipinski definition) is 3. The summed E-state index contributed by atoms with van der Waals surface area (Å²) < 4.78 is 86.4. The number of nitrogens with zero attached hydrogens (tertiary/aromatic N) is 1. The van der Waals surface area contributed by atoms with Crippen molar-refractivity contribution in [3.8, 4) is 0 Å². The Bertz CT molecular complexity index is 1240. The first-order valence-corrected chi connectivity index (χ1v) is 10.0. The van der Waals surface area contributed by atoms with Crippen LogP contribution in [0, 0.1) is 23.3 Å². The predicted octanol–water partition coefficient (Wildman–Crippen LogP) is 5.90. The first-order chi connectivity index (χ1) is 16.4. The van der Waals surface area contributed by atoms with E-state index >= 15 is 0 Å². The van der Waals surface area contributed by atoms with Crippen molar-refractivity contribution < 1.29 is 40.6 Å². The summed E-state index contributed by atoms with van der Waals surface area (Å²) in [5, 5.41) is 10.3. The van der Waals surface area contributed by atoms with E-state index in [9.17, 15) is 30.7 Å². The van der Waals surface area contributed by atoms with E-state index in [0.717, 1.165) is 6.07 Å². The number of halogens is 7. The number of carbonyl (C=O) groups is 1. The van der Waals surface area contributed by atoms with Gasteiger partial charge in [0.1, 0.15) is 35.1 Å². The molecule has 0 saturated carbocycles. The smallest absolute Gasteiger partial charge is 0.475 e. The Kier molecular flexibility index (Phi) is 7.78. The molecule has 0 aliphatic carbocycles. The number of hydrogen-bond donors (Lipinski definition) is 2. The Balaban J connectivity index is 0.000000429. The number of alkyl halides is 3. The van der Waals surface area contributed by atoms with Crippen LogP contribution in [0.1, 0.15) is 28.8 Å². The van der Waals surface area contributed by atoms with Crippen molar-refractivity contribution >= 4 is 11.8 Å². The minimum absolute atomic E-state index is 0.115. The van der Waals surface area contributed by atoms with Gasteiger partial charge in [0.25, 0.3) is 0 Å². The van der Waals surface area contributed by atoms with Crippen LogP contribution in [-0.4, -0.2) is 23.1 Å². The van der Waals surface area contributed by atoms with Gasteiger partial charge in [-0.05, 0) is 47.0 Å². The van der Waals surface area contributed by atoms with E-state index in [4.69, 9.17) is 9.90 Å². The van der Waals surface area contributed by atoms with Crippen molar-refractivity contribution in [1.29, 1.82) is 0 Å². The topological polar surface area (TPSA) is 61.7 Å². The quantitative estimate of drug-likeness (QED) is 0.440. The van der Waals surface area contributed by atoms with Gasteiger partial charge in [0, 0.05) is 12.5 Å². The van der Waals surface area contributed by atoms with E-state index in [1.165, 1.54) is 36.4 Å². The Labute approximate surface area is 194 Å². The lowest BCUT2D eigenvalue weighted by Crippen LogP contribution is -2.26. The first-order valence-electron chi connectivity index (χ1n) is 10.0. The molecule has 0 bridgehead atoms. The van der Waals surface area contributed by atoms with E-state index in [1.54, 1.807) is 24.3 Å². The molecule has 0 aromatic heterocycles. The molecule has 0 saturated heterocycles. The summed E-state index contributed by atoms with van der Waals surface area (Å²) in [7, 11) is 0. The molecule has 0 radical (unpaired) electrons. The van der Waals surface area contributed by atoms with Crippen molar-refractivity contribution in [1.82, 2.24) is 5.32 Å². The zero-order chi connectivity index (χ0) is 25.8. The van der Waals surface area contributed by atoms with Crippen LogP contribution in [0.2, 0.25) is 0 Å². The summed E-state index contributed by atoms with van der Waals surface area (Å²) in [6, 6.07) is 14.5. The minimum Gasteiger partial charge on any atom is -0.475 e. The fraction of sp³-hybridized carbons (Fsp3) is 0.167. The van der Waals surface area contributed by atoms with E-state index in [1.807, 2.05) is 0 Å². The third-order valence-electron chi connectivity index (χ3n) is 4.95. The number of nitrogens with one attached hydrogen (secondary N) is 1. The highest BCUT2D eigenvalue weighted by molar-refractivity contribution is 5.87. The van der Waals surface area contributed by atoms with E-state index in [0.29, 0.717) is 17.0 Å². The van der Waals surface area contributed by atoms with Gasteiger partial charge in [-0.25, -0.2) is 22.4 Å². The summed E-state index contributed by atoms with van der Waals surface area (Å²) in [6.07, 6.45) is -4.97. The van der Waals surface area contributed by atoms with Crippen LogP contribution in [-0.2, 0) is 11.2 Å². The fourth-order valence-electron chi connectivity index (χ4n) is 3.40. The molecule has 0 spiro atoms. The molecule has 0 amide bonds. The summed E-state index contributed by atoms with van der Waals surface area (Å²) >= 11 is 0. The van der Waals surface area contributed by atoms with Gasteiger partial charge in [-0.1, -0.05) is 30.3 Å². The number of benzene rings is 3. The van der Waals surface area contributed by atoms with Crippen molar-refractivity contribution in [2.45, 2.75) is 24.7 Å². The Morgan fingerprint density at radius 2 is 1.40 bits per heavy atom. The van der Waals surface area contributed by atoms with Crippen molar-refractivity contribution in [3.63, 3.8) is 0 Å². The summed E-state index contributed by atoms with van der Waals surface area (Å²) in [5.74, 6) is -4.40. The summed E-state index contributed by atoms with van der Waals surface area (Å²) in [4.78, 5) is 13.5. The van der Waals surface area contributed by atoms with Crippen LogP contribution in [0.4, 0.5) is 30.7 Å². The molecule has 2 atom stereocenters. The number of aliphatic imine (C=N–C) groups is 1. The maximum Gasteiger partial charge on any atom is 0.490 e. The predicted molar refractivity (Wildman–Crippen MR) is 113 cm³/mol. The lowest BCUT2D eigenvalue weighted by Gasteiger charge is -2.20. The first kappa shape index (κ1) is 25.7. The molecule has 3 aromatic carbocycles. The molecule has 0 fully saturated rings. The van der Waals surface area contributed by atoms with Crippen molar-refractivity contribution in [3.05, 3.63) is 107 Å². The number of aliphatic carboxylic acids is 1. The van der Waals surface area contributed by atoms with E-state index < -0.39 is 47.5 Å². The summed E-state index contributed by atoms with van der Waals surface area (Å²) in [5.41, 5.74) is 1.55. The molecule has 184 valence electrons. The number of carboxylic acids is 1. The standard InChI is InChI=1S/C22H16F4N2.C2HF3O2/c23-16-5-1-3-14(9-16)21-22(15-4-2-6-17(24)10-15)28-20(27-21)11-13-7-8-18(25)12-19(13)26;3-2(4,5)1(6)7/h1-10,12,21-22H,11H2,(H,27,28);(H,6,7)/t21-,22+;. The molecular weight excluding hydrogens is 481 g/mol. The SMILES string of the molecule is Fc1cccc([C@H]2N=C(Cc3ccc(F)cc3F)N[C@H]2c2cccc(F)c2)c1.O=C(O)C(F)(F)F. The zero-order valence-corrected chi connectivity index (χ0v) is 17.7. The molecular formula is C24H17F7N2O2. The van der Waals surface area contributed by atoms with Crippen molar-refractivity contribution in [2.24, 2.45) is 4.99 Å². The average molecular weight is 498 g/mol. The second-order valence-corrected chi connectivity index (χ2v) is 7.47. The maximum atomic E-state index is 14.0. The molecule has 35 heavy (non-hydrogen) atoms. The van der Waals surface area contributed by atoms with Crippen LogP contribution in [0.5, 0.6) is 0 Å². The molecule has 0 unspecified atom stereocenters. The molecule has 1 aliphatic heterocycles. The molecule has 3 aromatic rings. The van der Waals surface area contributed by atoms with Crippen LogP contribution >= 0.6 is 0 Å². The molecule has 4 nitrogen and oxygen atoms in total. The highest BCUT2D eigenvalue weighted by Gasteiger charge is 2.38. The molecule has 1 heterocycles. The second kappa shape index (κ2) is 10.6. The highest BCUT2D eigenvalue weighted by Crippen LogP contribution is 2.37. The Hall–Kier alpha value is -3.89. The molecule has 4 rings (SSSR count). The van der Waals surface area contributed by atoms with Gasteiger partial charge >= 0.3 is 12.1 Å². The molecule has 1 aliphatic rings. The lowest BCUT2D eigenvalue weighted by atomic mass is 9.95. The summed E-state index contributed by atoms with van der Waals surface area (Å²) in [6.45, 7) is 0. The van der Waals surface area contributed by atoms with Gasteiger partial charge in [0.15, 0.2) is 0 Å².